The Hall–Kier alpha value is -14.6. The molecular formula is C116H104N8O8. The molecule has 16 aromatic rings. The maximum absolute atomic E-state index is 7.62. The highest BCUT2D eigenvalue weighted by Gasteiger charge is 2.44. The van der Waals surface area contributed by atoms with Crippen molar-refractivity contribution in [2.24, 2.45) is 23.7 Å². The summed E-state index contributed by atoms with van der Waals surface area (Å²) >= 11 is 0. The van der Waals surface area contributed by atoms with Crippen LogP contribution in [0.1, 0.15) is 172 Å². The first-order valence-corrected chi connectivity index (χ1v) is 46.2. The van der Waals surface area contributed by atoms with Gasteiger partial charge in [-0.05, 0) is 219 Å². The van der Waals surface area contributed by atoms with Gasteiger partial charge in [0, 0.05) is 138 Å². The van der Waals surface area contributed by atoms with Gasteiger partial charge in [0.1, 0.15) is 46.0 Å². The maximum atomic E-state index is 7.62. The molecule has 16 nitrogen and oxygen atoms in total. The Morgan fingerprint density at radius 3 is 0.545 bits per heavy atom. The van der Waals surface area contributed by atoms with E-state index < -0.39 is 0 Å². The fourth-order valence-electron chi connectivity index (χ4n) is 20.2. The number of hydrogen-bond donors (Lipinski definition) is 0. The van der Waals surface area contributed by atoms with Gasteiger partial charge in [0.2, 0.25) is 27.2 Å². The second kappa shape index (κ2) is 35.3. The van der Waals surface area contributed by atoms with Gasteiger partial charge in [0.05, 0.1) is 67.8 Å². The third-order valence-electron chi connectivity index (χ3n) is 26.3. The summed E-state index contributed by atoms with van der Waals surface area (Å²) in [5.41, 5.74) is 33.0. The zero-order valence-corrected chi connectivity index (χ0v) is 76.5. The van der Waals surface area contributed by atoms with Crippen LogP contribution >= 0.6 is 0 Å². The van der Waals surface area contributed by atoms with Crippen LogP contribution in [0.3, 0.4) is 0 Å². The lowest BCUT2D eigenvalue weighted by Gasteiger charge is -2.38. The molecule has 4 aliphatic heterocycles. The quantitative estimate of drug-likeness (QED) is 0.0703. The van der Waals surface area contributed by atoms with E-state index in [1.54, 1.807) is 0 Å². The van der Waals surface area contributed by atoms with Gasteiger partial charge in [-0.15, -0.1) is 0 Å². The van der Waals surface area contributed by atoms with Gasteiger partial charge in [0.15, 0.2) is 0 Å². The van der Waals surface area contributed by atoms with Crippen LogP contribution in [0.4, 0.5) is 0 Å². The van der Waals surface area contributed by atoms with Crippen molar-refractivity contribution in [2.75, 3.05) is 27.2 Å². The number of nitrogens with zero attached hydrogens (tertiary/aromatic N) is 8. The van der Waals surface area contributed by atoms with E-state index in [-0.39, 0.29) is 74.5 Å². The molecule has 0 fully saturated rings. The Labute approximate surface area is 771 Å². The lowest BCUT2D eigenvalue weighted by molar-refractivity contribution is 0.100. The minimum absolute atomic E-state index is 0.138. The second-order valence-electron chi connectivity index (χ2n) is 37.4. The molecule has 656 valence electrons. The van der Waals surface area contributed by atoms with Crippen LogP contribution in [0.5, 0.6) is 46.0 Å². The van der Waals surface area contributed by atoms with Crippen LogP contribution in [0.15, 0.2) is 267 Å². The number of aromatic nitrogens is 8. The predicted octanol–water partition coefficient (Wildman–Crippen LogP) is 28.0. The highest BCUT2D eigenvalue weighted by atomic mass is 16.7. The molecule has 0 saturated heterocycles. The first kappa shape index (κ1) is 84.2. The monoisotopic (exact) mass is 1740 g/mol. The minimum Gasteiger partial charge on any atom is -0.456 e. The van der Waals surface area contributed by atoms with E-state index in [1.807, 2.05) is 125 Å². The lowest BCUT2D eigenvalue weighted by atomic mass is 9.72. The van der Waals surface area contributed by atoms with Crippen LogP contribution in [-0.4, -0.2) is 67.0 Å². The van der Waals surface area contributed by atoms with Gasteiger partial charge < -0.3 is 37.9 Å². The fraction of sp³-hybridized carbons (Fsp3) is 0.241. The third-order valence-corrected chi connectivity index (χ3v) is 26.3. The summed E-state index contributed by atoms with van der Waals surface area (Å²) in [6, 6.07) is 85.9. The number of ether oxygens (including phenoxy) is 8. The van der Waals surface area contributed by atoms with Gasteiger partial charge in [-0.3, -0.25) is 39.9 Å². The van der Waals surface area contributed by atoms with Crippen LogP contribution in [0.25, 0.3) is 135 Å². The topological polar surface area (TPSA) is 177 Å². The highest BCUT2D eigenvalue weighted by Crippen LogP contribution is 2.63. The molecule has 0 unspecified atom stereocenters. The first-order valence-electron chi connectivity index (χ1n) is 46.2. The molecule has 5 aliphatic rings. The zero-order valence-electron chi connectivity index (χ0n) is 76.5. The van der Waals surface area contributed by atoms with Crippen molar-refractivity contribution >= 4 is 0 Å². The molecule has 16 heteroatoms. The van der Waals surface area contributed by atoms with Crippen LogP contribution < -0.4 is 37.9 Å². The highest BCUT2D eigenvalue weighted by molar-refractivity contribution is 5.91. The normalized spacial score (nSPS) is 15.6. The third kappa shape index (κ3) is 16.2. The van der Waals surface area contributed by atoms with E-state index >= 15 is 0 Å². The standard InChI is InChI=1S/C116H104N8O8/c1-65(2)49-85-89-53-91-86(50-66(3)4)93-55-95-88(52-68(7)8)96-56-94-87(51-67(5)6)92-54-90(85)110-106(78-35-27-74(28-36-78)82-42-46-98(118-58-82)102-22-14-18-70(10)122-102)112(92)128-63-130-114(94)108(80-39-31-76(32-40-80)84-44-48-100(120-60-84)104-24-16-20-72(12)124-104)116(96)132-64-131-115(95)107(79-37-29-75(30-38-79)83-43-47-99(119-59-83)103-23-15-19-71(11)123-103)113(93)129-62-127-111(91)105(109(89)125-61-126-110)77-33-25-73(26-34-77)81-41-45-97(117-57-81)101-21-13-17-69(9)121-101/h13-48,53-60,65-68,85-88H,49-52,61-64H2,1-12H3. The van der Waals surface area contributed by atoms with E-state index in [1.165, 1.54) is 0 Å². The fourth-order valence-corrected chi connectivity index (χ4v) is 20.2. The van der Waals surface area contributed by atoms with Gasteiger partial charge in [-0.2, -0.15) is 0 Å². The summed E-state index contributed by atoms with van der Waals surface area (Å²) in [4.78, 5) is 39.2. The molecule has 8 aromatic heterocycles. The van der Waals surface area contributed by atoms with Crippen molar-refractivity contribution < 1.29 is 37.9 Å². The number of benzene rings is 8. The Morgan fingerprint density at radius 1 is 0.212 bits per heavy atom. The lowest BCUT2D eigenvalue weighted by Crippen LogP contribution is -2.25. The molecule has 132 heavy (non-hydrogen) atoms. The average molecular weight is 1740 g/mol. The SMILES string of the molecule is Cc1cccc(-c2ccc(-c3ccc(-c4c5c6cc7c4OCOc4c(cc8c(c4-c4ccc(-c9ccc(-c%10cccc(C)n%10)nc9)cc4)OCOc4c(cc9c(c4-c4ccc(-c%10ccc(-c%11cccc(C)n%11)nc%10)cc4)OCOc4c(cc(c(c4-c4ccc(-c%10ccc(-c%11cccc(C)n%11)nc%10)cc4)OCO5)C6CC(C)C)C9CC(C)C)C8CC(C)C)C7CC(C)C)cc3)cn2)n1. The van der Waals surface area contributed by atoms with Crippen LogP contribution in [-0.2, 0) is 0 Å². The Morgan fingerprint density at radius 2 is 0.386 bits per heavy atom. The van der Waals surface area contributed by atoms with E-state index in [4.69, 9.17) is 77.8 Å². The second-order valence-corrected chi connectivity index (χ2v) is 37.4. The molecule has 12 heterocycles. The average Bonchev–Trinajstić information content (AvgIpc) is 0.709. The smallest absolute Gasteiger partial charge is 0.230 e. The Kier molecular flexibility index (Phi) is 22.5. The van der Waals surface area contributed by atoms with Crippen molar-refractivity contribution in [2.45, 2.75) is 132 Å². The molecule has 0 spiro atoms. The zero-order chi connectivity index (χ0) is 90.1. The molecule has 0 radical (unpaired) electrons. The van der Waals surface area contributed by atoms with E-state index in [9.17, 15) is 0 Å². The van der Waals surface area contributed by atoms with E-state index in [0.717, 1.165) is 202 Å². The van der Waals surface area contributed by atoms with Crippen molar-refractivity contribution in [3.63, 3.8) is 0 Å². The number of aryl methyl sites for hydroxylation is 4. The number of pyridine rings is 8. The number of hydrogen-bond acceptors (Lipinski definition) is 16. The summed E-state index contributed by atoms with van der Waals surface area (Å²) in [5.74, 6) is 4.40. The summed E-state index contributed by atoms with van der Waals surface area (Å²) in [7, 11) is 0. The summed E-state index contributed by atoms with van der Waals surface area (Å²) in [5, 5.41) is 0. The molecular weight excluding hydrogens is 1630 g/mol. The van der Waals surface area contributed by atoms with Crippen LogP contribution in [0, 0.1) is 51.4 Å². The Bertz CT molecular complexity index is 6090. The van der Waals surface area contributed by atoms with Crippen molar-refractivity contribution in [1.82, 2.24) is 39.9 Å². The van der Waals surface area contributed by atoms with Crippen LogP contribution in [0.2, 0.25) is 0 Å². The molecule has 1 aliphatic carbocycles. The molecule has 21 rings (SSSR count). The molecule has 0 atom stereocenters. The van der Waals surface area contributed by atoms with Gasteiger partial charge >= 0.3 is 0 Å². The van der Waals surface area contributed by atoms with E-state index in [0.29, 0.717) is 71.7 Å². The first-order chi connectivity index (χ1) is 64.3. The van der Waals surface area contributed by atoms with Gasteiger partial charge in [0.25, 0.3) is 0 Å². The van der Waals surface area contributed by atoms with E-state index in [2.05, 4.69) is 225 Å². The molecule has 0 N–H and O–H groups in total. The van der Waals surface area contributed by atoms with Crippen molar-refractivity contribution in [3.05, 3.63) is 335 Å². The molecule has 8 aromatic carbocycles. The van der Waals surface area contributed by atoms with Crippen molar-refractivity contribution in [3.8, 4) is 181 Å². The van der Waals surface area contributed by atoms with Gasteiger partial charge in [-0.25, -0.2) is 0 Å². The van der Waals surface area contributed by atoms with Crippen molar-refractivity contribution in [1.29, 1.82) is 0 Å². The Balaban J connectivity index is 0.839. The number of rotatable bonds is 20. The molecule has 0 amide bonds. The van der Waals surface area contributed by atoms with Gasteiger partial charge in [-0.1, -0.05) is 201 Å². The maximum Gasteiger partial charge on any atom is 0.230 e. The summed E-state index contributed by atoms with van der Waals surface area (Å²) < 4.78 is 61.0. The largest absolute Gasteiger partial charge is 0.456 e. The summed E-state index contributed by atoms with van der Waals surface area (Å²) in [6.45, 7) is 26.0. The predicted molar refractivity (Wildman–Crippen MR) is 522 cm³/mol. The minimum atomic E-state index is -0.380. The molecule has 8 bridgehead atoms. The molecule has 0 saturated carbocycles. The summed E-state index contributed by atoms with van der Waals surface area (Å²) in [6.07, 6.45) is 10.5.